The van der Waals surface area contributed by atoms with Crippen LogP contribution < -0.4 is 9.64 Å². The second kappa shape index (κ2) is 6.00. The molecular weight excluding hydrogens is 262 g/mol. The molecule has 1 aliphatic rings. The van der Waals surface area contributed by atoms with E-state index in [4.69, 9.17) is 4.74 Å². The van der Waals surface area contributed by atoms with E-state index in [0.29, 0.717) is 0 Å². The number of nitrogens with zero attached hydrogens (tertiary/aromatic N) is 1. The van der Waals surface area contributed by atoms with Gasteiger partial charge < -0.3 is 9.64 Å². The molecule has 0 heterocycles. The van der Waals surface area contributed by atoms with Gasteiger partial charge in [0.25, 0.3) is 5.91 Å². The summed E-state index contributed by atoms with van der Waals surface area (Å²) in [4.78, 5) is 13.8. The molecule has 0 fully saturated rings. The van der Waals surface area contributed by atoms with E-state index in [0.717, 1.165) is 24.3 Å². The van der Waals surface area contributed by atoms with Crippen molar-refractivity contribution < 1.29 is 9.53 Å². The molecule has 3 rings (SSSR count). The number of para-hydroxylation sites is 1. The van der Waals surface area contributed by atoms with Crippen LogP contribution in [-0.4, -0.2) is 19.6 Å². The largest absolute Gasteiger partial charge is 0.484 e. The standard InChI is InChI=1S/C18H19NO2/c1-19(16-8-3-2-4-9-16)18(20)13-21-17-11-10-14-6-5-7-15(14)12-17/h2-4,8-12H,5-7,13H2,1H3. The van der Waals surface area contributed by atoms with Crippen LogP contribution in [0.2, 0.25) is 0 Å². The number of hydrogen-bond acceptors (Lipinski definition) is 2. The topological polar surface area (TPSA) is 29.5 Å². The van der Waals surface area contributed by atoms with E-state index >= 15 is 0 Å². The molecule has 0 atom stereocenters. The summed E-state index contributed by atoms with van der Waals surface area (Å²) in [6.07, 6.45) is 3.49. The second-order valence-corrected chi connectivity index (χ2v) is 5.36. The number of benzene rings is 2. The highest BCUT2D eigenvalue weighted by Crippen LogP contribution is 2.26. The fourth-order valence-electron chi connectivity index (χ4n) is 2.68. The minimum absolute atomic E-state index is 0.0540. The SMILES string of the molecule is CN(C(=O)COc1ccc2c(c1)CCC2)c1ccccc1. The van der Waals surface area contributed by atoms with E-state index in [9.17, 15) is 4.79 Å². The molecule has 0 radical (unpaired) electrons. The normalized spacial score (nSPS) is 12.8. The van der Waals surface area contributed by atoms with Gasteiger partial charge in [0.2, 0.25) is 0 Å². The molecule has 2 aromatic carbocycles. The molecule has 1 aliphatic carbocycles. The van der Waals surface area contributed by atoms with E-state index in [-0.39, 0.29) is 12.5 Å². The van der Waals surface area contributed by atoms with Crippen molar-refractivity contribution in [1.29, 1.82) is 0 Å². The van der Waals surface area contributed by atoms with Crippen molar-refractivity contribution in [2.24, 2.45) is 0 Å². The van der Waals surface area contributed by atoms with Crippen LogP contribution >= 0.6 is 0 Å². The Hall–Kier alpha value is -2.29. The van der Waals surface area contributed by atoms with Gasteiger partial charge in [0, 0.05) is 12.7 Å². The summed E-state index contributed by atoms with van der Waals surface area (Å²) in [6, 6.07) is 15.7. The van der Waals surface area contributed by atoms with Crippen molar-refractivity contribution in [2.75, 3.05) is 18.6 Å². The number of anilines is 1. The van der Waals surface area contributed by atoms with Gasteiger partial charge in [-0.15, -0.1) is 0 Å². The molecule has 108 valence electrons. The number of rotatable bonds is 4. The fourth-order valence-corrected chi connectivity index (χ4v) is 2.68. The van der Waals surface area contributed by atoms with Gasteiger partial charge in [-0.1, -0.05) is 24.3 Å². The van der Waals surface area contributed by atoms with E-state index in [1.807, 2.05) is 36.4 Å². The molecule has 0 N–H and O–H groups in total. The molecule has 0 aromatic heterocycles. The lowest BCUT2D eigenvalue weighted by atomic mass is 10.1. The smallest absolute Gasteiger partial charge is 0.264 e. The van der Waals surface area contributed by atoms with Crippen LogP contribution in [0.1, 0.15) is 17.5 Å². The summed E-state index contributed by atoms with van der Waals surface area (Å²) in [7, 11) is 1.77. The van der Waals surface area contributed by atoms with Gasteiger partial charge in [0.1, 0.15) is 5.75 Å². The first kappa shape index (κ1) is 13.7. The number of aryl methyl sites for hydroxylation is 2. The maximum Gasteiger partial charge on any atom is 0.264 e. The number of likely N-dealkylation sites (N-methyl/N-ethyl adjacent to an activating group) is 1. The average Bonchev–Trinajstić information content (AvgIpc) is 3.00. The number of carbonyl (C=O) groups excluding carboxylic acids is 1. The number of fused-ring (bicyclic) bond motifs is 1. The zero-order valence-corrected chi connectivity index (χ0v) is 12.2. The highest BCUT2D eigenvalue weighted by Gasteiger charge is 2.14. The first-order valence-electron chi connectivity index (χ1n) is 7.30. The van der Waals surface area contributed by atoms with Crippen molar-refractivity contribution in [3.05, 3.63) is 59.7 Å². The Morgan fingerprint density at radius 2 is 1.86 bits per heavy atom. The maximum atomic E-state index is 12.2. The van der Waals surface area contributed by atoms with Crippen molar-refractivity contribution in [2.45, 2.75) is 19.3 Å². The van der Waals surface area contributed by atoms with Crippen LogP contribution in [0.25, 0.3) is 0 Å². The van der Waals surface area contributed by atoms with E-state index in [1.165, 1.54) is 17.5 Å². The average molecular weight is 281 g/mol. The predicted octanol–water partition coefficient (Wildman–Crippen LogP) is 3.22. The lowest BCUT2D eigenvalue weighted by Crippen LogP contribution is -2.31. The minimum atomic E-state index is -0.0540. The highest BCUT2D eigenvalue weighted by molar-refractivity contribution is 5.93. The summed E-state index contributed by atoms with van der Waals surface area (Å²) < 4.78 is 5.64. The van der Waals surface area contributed by atoms with E-state index < -0.39 is 0 Å². The quantitative estimate of drug-likeness (QED) is 0.861. The molecule has 2 aromatic rings. The molecule has 0 bridgehead atoms. The predicted molar refractivity (Wildman–Crippen MR) is 83.8 cm³/mol. The molecule has 3 nitrogen and oxygen atoms in total. The van der Waals surface area contributed by atoms with Crippen LogP contribution in [0.3, 0.4) is 0 Å². The van der Waals surface area contributed by atoms with Gasteiger partial charge >= 0.3 is 0 Å². The first-order chi connectivity index (χ1) is 10.2. The summed E-state index contributed by atoms with van der Waals surface area (Å²) in [5, 5.41) is 0. The Kier molecular flexibility index (Phi) is 3.91. The van der Waals surface area contributed by atoms with E-state index in [2.05, 4.69) is 12.1 Å². The van der Waals surface area contributed by atoms with Crippen molar-refractivity contribution >= 4 is 11.6 Å². The summed E-state index contributed by atoms with van der Waals surface area (Å²) in [5.41, 5.74) is 3.64. The molecule has 0 spiro atoms. The highest BCUT2D eigenvalue weighted by atomic mass is 16.5. The molecular formula is C18H19NO2. The van der Waals surface area contributed by atoms with Gasteiger partial charge in [-0.05, 0) is 54.7 Å². The Morgan fingerprint density at radius 1 is 1.10 bits per heavy atom. The van der Waals surface area contributed by atoms with Crippen molar-refractivity contribution in [3.8, 4) is 5.75 Å². The first-order valence-corrected chi connectivity index (χ1v) is 7.30. The summed E-state index contributed by atoms with van der Waals surface area (Å²) in [6.45, 7) is 0.0597. The zero-order valence-electron chi connectivity index (χ0n) is 12.2. The Morgan fingerprint density at radius 3 is 2.67 bits per heavy atom. The molecule has 3 heteroatoms. The summed E-state index contributed by atoms with van der Waals surface area (Å²) >= 11 is 0. The third kappa shape index (κ3) is 3.07. The van der Waals surface area contributed by atoms with Gasteiger partial charge in [0.05, 0.1) is 0 Å². The van der Waals surface area contributed by atoms with Crippen molar-refractivity contribution in [3.63, 3.8) is 0 Å². The molecule has 0 saturated carbocycles. The van der Waals surface area contributed by atoms with Crippen LogP contribution in [0.4, 0.5) is 5.69 Å². The van der Waals surface area contributed by atoms with Gasteiger partial charge in [-0.3, -0.25) is 4.79 Å². The lowest BCUT2D eigenvalue weighted by Gasteiger charge is -2.17. The molecule has 21 heavy (non-hydrogen) atoms. The van der Waals surface area contributed by atoms with Gasteiger partial charge in [0.15, 0.2) is 6.61 Å². The van der Waals surface area contributed by atoms with Gasteiger partial charge in [-0.25, -0.2) is 0 Å². The maximum absolute atomic E-state index is 12.2. The molecule has 0 saturated heterocycles. The lowest BCUT2D eigenvalue weighted by molar-refractivity contribution is -0.120. The molecule has 0 unspecified atom stereocenters. The Bertz CT molecular complexity index is 637. The van der Waals surface area contributed by atoms with Crippen LogP contribution in [0, 0.1) is 0 Å². The fraction of sp³-hybridized carbons (Fsp3) is 0.278. The third-order valence-corrected chi connectivity index (χ3v) is 3.95. The second-order valence-electron chi connectivity index (χ2n) is 5.36. The van der Waals surface area contributed by atoms with Crippen LogP contribution in [0.5, 0.6) is 5.75 Å². The molecule has 0 aliphatic heterocycles. The number of amides is 1. The monoisotopic (exact) mass is 281 g/mol. The van der Waals surface area contributed by atoms with Gasteiger partial charge in [-0.2, -0.15) is 0 Å². The van der Waals surface area contributed by atoms with Crippen molar-refractivity contribution in [1.82, 2.24) is 0 Å². The van der Waals surface area contributed by atoms with Crippen LogP contribution in [0.15, 0.2) is 48.5 Å². The van der Waals surface area contributed by atoms with E-state index in [1.54, 1.807) is 11.9 Å². The third-order valence-electron chi connectivity index (χ3n) is 3.95. The number of carbonyl (C=O) groups is 1. The number of hydrogen-bond donors (Lipinski definition) is 0. The minimum Gasteiger partial charge on any atom is -0.484 e. The zero-order chi connectivity index (χ0) is 14.7. The number of ether oxygens (including phenoxy) is 1. The Balaban J connectivity index is 1.61. The summed E-state index contributed by atoms with van der Waals surface area (Å²) in [5.74, 6) is 0.729. The van der Waals surface area contributed by atoms with Crippen LogP contribution in [-0.2, 0) is 17.6 Å². The molecule has 1 amide bonds. The Labute approximate surface area is 125 Å².